The van der Waals surface area contributed by atoms with Crippen molar-refractivity contribution in [2.45, 2.75) is 33.2 Å². The molecule has 0 aliphatic rings. The molecule has 104 valence electrons. The van der Waals surface area contributed by atoms with Gasteiger partial charge in [-0.15, -0.1) is 11.3 Å². The number of nitrogens with one attached hydrogen (secondary N) is 1. The lowest BCUT2D eigenvalue weighted by atomic mass is 10.3. The average molecular weight is 287 g/mol. The highest BCUT2D eigenvalue weighted by molar-refractivity contribution is 7.09. The average Bonchev–Trinajstić information content (AvgIpc) is 3.11. The Hall–Kier alpha value is -1.95. The predicted molar refractivity (Wildman–Crippen MR) is 78.9 cm³/mol. The first-order chi connectivity index (χ1) is 9.70. The Kier molecular flexibility index (Phi) is 3.64. The number of thiophene rings is 1. The van der Waals surface area contributed by atoms with Crippen LogP contribution < -0.4 is 0 Å². The van der Waals surface area contributed by atoms with Crippen molar-refractivity contribution in [1.29, 1.82) is 0 Å². The fourth-order valence-corrected chi connectivity index (χ4v) is 2.92. The number of H-pyrrole nitrogens is 1. The van der Waals surface area contributed by atoms with Gasteiger partial charge >= 0.3 is 0 Å². The molecule has 3 aromatic rings. The second kappa shape index (κ2) is 5.58. The van der Waals surface area contributed by atoms with Crippen LogP contribution in [0.4, 0.5) is 0 Å². The van der Waals surface area contributed by atoms with E-state index in [0.717, 1.165) is 36.7 Å². The van der Waals surface area contributed by atoms with E-state index in [9.17, 15) is 0 Å². The van der Waals surface area contributed by atoms with E-state index in [1.165, 1.54) is 10.6 Å². The maximum atomic E-state index is 4.54. The summed E-state index contributed by atoms with van der Waals surface area (Å²) in [6, 6.07) is 6.25. The lowest BCUT2D eigenvalue weighted by Crippen LogP contribution is -2.06. The number of aromatic amines is 1. The van der Waals surface area contributed by atoms with Crippen LogP contribution in [-0.4, -0.2) is 25.0 Å². The molecule has 6 heteroatoms. The molecule has 3 rings (SSSR count). The molecular weight excluding hydrogens is 270 g/mol. The van der Waals surface area contributed by atoms with Crippen molar-refractivity contribution in [3.05, 3.63) is 51.5 Å². The van der Waals surface area contributed by atoms with Crippen LogP contribution in [-0.2, 0) is 19.4 Å². The second-order valence-electron chi connectivity index (χ2n) is 4.85. The summed E-state index contributed by atoms with van der Waals surface area (Å²) >= 11 is 1.74. The van der Waals surface area contributed by atoms with Gasteiger partial charge in [-0.25, -0.2) is 4.98 Å². The minimum atomic E-state index is 0.795. The first-order valence-electron chi connectivity index (χ1n) is 6.64. The van der Waals surface area contributed by atoms with Crippen LogP contribution >= 0.6 is 11.3 Å². The zero-order chi connectivity index (χ0) is 13.9. The van der Waals surface area contributed by atoms with E-state index >= 15 is 0 Å². The topological polar surface area (TPSA) is 59.4 Å². The quantitative estimate of drug-likeness (QED) is 0.784. The number of rotatable bonds is 5. The summed E-state index contributed by atoms with van der Waals surface area (Å²) in [5, 5.41) is 13.8. The molecule has 3 heterocycles. The number of hydrogen-bond donors (Lipinski definition) is 1. The Morgan fingerprint density at radius 1 is 1.35 bits per heavy atom. The van der Waals surface area contributed by atoms with E-state index in [2.05, 4.69) is 50.8 Å². The van der Waals surface area contributed by atoms with Gasteiger partial charge in [-0.05, 0) is 31.4 Å². The van der Waals surface area contributed by atoms with Gasteiger partial charge in [0.05, 0.1) is 5.69 Å². The van der Waals surface area contributed by atoms with Crippen molar-refractivity contribution >= 4 is 11.3 Å². The van der Waals surface area contributed by atoms with Crippen LogP contribution in [0.5, 0.6) is 0 Å². The van der Waals surface area contributed by atoms with Gasteiger partial charge in [-0.1, -0.05) is 6.07 Å². The van der Waals surface area contributed by atoms with E-state index in [0.29, 0.717) is 0 Å². The molecule has 0 aliphatic carbocycles. The monoisotopic (exact) mass is 287 g/mol. The van der Waals surface area contributed by atoms with E-state index in [-0.39, 0.29) is 0 Å². The predicted octanol–water partition coefficient (Wildman–Crippen LogP) is 2.51. The van der Waals surface area contributed by atoms with Gasteiger partial charge in [-0.3, -0.25) is 9.78 Å². The SMILES string of the molecule is Cc1cc(C)n(CCc2n[nH]c(Cc3cccs3)n2)n1. The molecule has 0 saturated heterocycles. The van der Waals surface area contributed by atoms with Gasteiger partial charge in [0, 0.05) is 30.0 Å². The molecule has 0 amide bonds. The van der Waals surface area contributed by atoms with Gasteiger partial charge in [-0.2, -0.15) is 10.2 Å². The molecule has 20 heavy (non-hydrogen) atoms. The lowest BCUT2D eigenvalue weighted by Gasteiger charge is -2.01. The summed E-state index contributed by atoms with van der Waals surface area (Å²) in [4.78, 5) is 5.83. The van der Waals surface area contributed by atoms with Crippen LogP contribution in [0.3, 0.4) is 0 Å². The Balaban J connectivity index is 1.61. The van der Waals surface area contributed by atoms with Crippen molar-refractivity contribution in [2.24, 2.45) is 0 Å². The van der Waals surface area contributed by atoms with Gasteiger partial charge in [0.2, 0.25) is 0 Å². The smallest absolute Gasteiger partial charge is 0.152 e. The highest BCUT2D eigenvalue weighted by Gasteiger charge is 2.07. The molecule has 0 atom stereocenters. The third kappa shape index (κ3) is 2.96. The van der Waals surface area contributed by atoms with E-state index in [4.69, 9.17) is 0 Å². The molecule has 5 nitrogen and oxygen atoms in total. The van der Waals surface area contributed by atoms with E-state index in [1.54, 1.807) is 11.3 Å². The summed E-state index contributed by atoms with van der Waals surface area (Å²) in [6.07, 6.45) is 1.62. The van der Waals surface area contributed by atoms with Crippen molar-refractivity contribution in [3.8, 4) is 0 Å². The largest absolute Gasteiger partial charge is 0.269 e. The van der Waals surface area contributed by atoms with Gasteiger partial charge < -0.3 is 0 Å². The minimum absolute atomic E-state index is 0.795. The number of hydrogen-bond acceptors (Lipinski definition) is 4. The van der Waals surface area contributed by atoms with Crippen LogP contribution in [0, 0.1) is 13.8 Å². The van der Waals surface area contributed by atoms with Crippen molar-refractivity contribution in [3.63, 3.8) is 0 Å². The van der Waals surface area contributed by atoms with E-state index in [1.807, 2.05) is 11.6 Å². The Morgan fingerprint density at radius 3 is 2.95 bits per heavy atom. The zero-order valence-electron chi connectivity index (χ0n) is 11.6. The fourth-order valence-electron chi connectivity index (χ4n) is 2.21. The lowest BCUT2D eigenvalue weighted by molar-refractivity contribution is 0.582. The second-order valence-corrected chi connectivity index (χ2v) is 5.89. The van der Waals surface area contributed by atoms with Gasteiger partial charge in [0.15, 0.2) is 5.82 Å². The van der Waals surface area contributed by atoms with E-state index < -0.39 is 0 Å². The van der Waals surface area contributed by atoms with Crippen LogP contribution in [0.25, 0.3) is 0 Å². The highest BCUT2D eigenvalue weighted by Crippen LogP contribution is 2.12. The Labute approximate surface area is 121 Å². The van der Waals surface area contributed by atoms with Crippen molar-refractivity contribution in [1.82, 2.24) is 25.0 Å². The molecule has 0 saturated carbocycles. The number of aryl methyl sites for hydroxylation is 4. The molecule has 0 aliphatic heterocycles. The molecule has 1 N–H and O–H groups in total. The Bertz CT molecular complexity index is 680. The maximum absolute atomic E-state index is 4.54. The van der Waals surface area contributed by atoms with Crippen LogP contribution in [0.2, 0.25) is 0 Å². The standard InChI is InChI=1S/C14H17N5S/c1-10-8-11(2)19(18-10)6-5-13-15-14(17-16-13)9-12-4-3-7-20-12/h3-4,7-8H,5-6,9H2,1-2H3,(H,15,16,17). The molecule has 0 bridgehead atoms. The minimum Gasteiger partial charge on any atom is -0.269 e. The summed E-state index contributed by atoms with van der Waals surface area (Å²) in [7, 11) is 0. The molecule has 3 aromatic heterocycles. The third-order valence-corrected chi connectivity index (χ3v) is 4.03. The van der Waals surface area contributed by atoms with Crippen molar-refractivity contribution < 1.29 is 0 Å². The van der Waals surface area contributed by atoms with Gasteiger partial charge in [0.25, 0.3) is 0 Å². The first kappa shape index (κ1) is 13.1. The summed E-state index contributed by atoms with van der Waals surface area (Å²) < 4.78 is 2.00. The fraction of sp³-hybridized carbons (Fsp3) is 0.357. The van der Waals surface area contributed by atoms with Crippen molar-refractivity contribution in [2.75, 3.05) is 0 Å². The molecule has 0 fully saturated rings. The molecular formula is C14H17N5S. The maximum Gasteiger partial charge on any atom is 0.152 e. The zero-order valence-corrected chi connectivity index (χ0v) is 12.4. The Morgan fingerprint density at radius 2 is 2.25 bits per heavy atom. The summed E-state index contributed by atoms with van der Waals surface area (Å²) in [5.41, 5.74) is 2.23. The number of nitrogens with zero attached hydrogens (tertiary/aromatic N) is 4. The summed E-state index contributed by atoms with van der Waals surface area (Å²) in [6.45, 7) is 4.89. The molecule has 0 aromatic carbocycles. The molecule has 0 radical (unpaired) electrons. The summed E-state index contributed by atoms with van der Waals surface area (Å²) in [5.74, 6) is 1.78. The molecule has 0 spiro atoms. The van der Waals surface area contributed by atoms with Crippen LogP contribution in [0.1, 0.15) is 27.9 Å². The normalized spacial score (nSPS) is 11.1. The van der Waals surface area contributed by atoms with Gasteiger partial charge in [0.1, 0.15) is 5.82 Å². The molecule has 0 unspecified atom stereocenters. The third-order valence-electron chi connectivity index (χ3n) is 3.15. The highest BCUT2D eigenvalue weighted by atomic mass is 32.1. The first-order valence-corrected chi connectivity index (χ1v) is 7.52. The number of aromatic nitrogens is 5. The van der Waals surface area contributed by atoms with Crippen LogP contribution in [0.15, 0.2) is 23.6 Å².